The topological polar surface area (TPSA) is 33.3 Å². The van der Waals surface area contributed by atoms with Crippen LogP contribution in [0.1, 0.15) is 26.7 Å². The van der Waals surface area contributed by atoms with Gasteiger partial charge in [-0.2, -0.15) is 0 Å². The van der Waals surface area contributed by atoms with E-state index in [-0.39, 0.29) is 6.10 Å². The second kappa shape index (κ2) is 5.92. The molecule has 3 heteroatoms. The molecule has 0 saturated carbocycles. The molecule has 0 bridgehead atoms. The molecule has 2 rings (SSSR count). The number of anilines is 1. The molecule has 1 fully saturated rings. The Morgan fingerprint density at radius 1 is 1.53 bits per heavy atom. The van der Waals surface area contributed by atoms with Crippen LogP contribution in [0.4, 0.5) is 5.69 Å². The van der Waals surface area contributed by atoms with E-state index >= 15 is 0 Å². The third kappa shape index (κ3) is 3.63. The Kier molecular flexibility index (Phi) is 4.26. The Balaban J connectivity index is 1.95. The van der Waals surface area contributed by atoms with Crippen molar-refractivity contribution in [3.8, 4) is 5.75 Å². The number of benzene rings is 1. The monoisotopic (exact) mass is 234 g/mol. The zero-order valence-corrected chi connectivity index (χ0v) is 10.7. The zero-order valence-electron chi connectivity index (χ0n) is 10.7. The Hall–Kier alpha value is -1.22. The maximum atomic E-state index is 5.81. The van der Waals surface area contributed by atoms with Crippen LogP contribution in [0.5, 0.6) is 5.75 Å². The lowest BCUT2D eigenvalue weighted by Gasteiger charge is -2.16. The molecule has 1 saturated heterocycles. The van der Waals surface area contributed by atoms with Gasteiger partial charge in [-0.3, -0.25) is 0 Å². The van der Waals surface area contributed by atoms with Crippen LogP contribution < -0.4 is 15.4 Å². The number of ether oxygens (including phenoxy) is 1. The lowest BCUT2D eigenvalue weighted by molar-refractivity contribution is 0.217. The first-order valence-corrected chi connectivity index (χ1v) is 6.52. The normalized spacial score (nSPS) is 21.2. The number of nitrogens with one attached hydrogen (secondary N) is 2. The van der Waals surface area contributed by atoms with Gasteiger partial charge in [-0.25, -0.2) is 0 Å². The van der Waals surface area contributed by atoms with Crippen molar-refractivity contribution in [1.29, 1.82) is 0 Å². The van der Waals surface area contributed by atoms with Crippen LogP contribution in [0.25, 0.3) is 0 Å². The van der Waals surface area contributed by atoms with Crippen molar-refractivity contribution in [2.24, 2.45) is 0 Å². The van der Waals surface area contributed by atoms with Crippen molar-refractivity contribution in [3.05, 3.63) is 24.3 Å². The third-order valence-corrected chi connectivity index (χ3v) is 3.18. The van der Waals surface area contributed by atoms with E-state index in [1.807, 2.05) is 12.1 Å². The molecule has 0 spiro atoms. The number of hydrogen-bond donors (Lipinski definition) is 2. The number of hydrogen-bond acceptors (Lipinski definition) is 3. The average Bonchev–Trinajstić information content (AvgIpc) is 2.82. The summed E-state index contributed by atoms with van der Waals surface area (Å²) in [5.74, 6) is 0.954. The summed E-state index contributed by atoms with van der Waals surface area (Å²) in [6, 6.07) is 8.80. The smallest absolute Gasteiger partial charge is 0.121 e. The summed E-state index contributed by atoms with van der Waals surface area (Å²) >= 11 is 0. The van der Waals surface area contributed by atoms with Crippen molar-refractivity contribution in [2.45, 2.75) is 38.8 Å². The van der Waals surface area contributed by atoms with E-state index in [0.717, 1.165) is 30.9 Å². The van der Waals surface area contributed by atoms with Gasteiger partial charge in [-0.15, -0.1) is 0 Å². The molecule has 1 aliphatic rings. The fourth-order valence-corrected chi connectivity index (χ4v) is 1.99. The minimum absolute atomic E-state index is 0.276. The van der Waals surface area contributed by atoms with Crippen LogP contribution in [0.2, 0.25) is 0 Å². The largest absolute Gasteiger partial charge is 0.491 e. The van der Waals surface area contributed by atoms with Gasteiger partial charge in [-0.05, 0) is 38.4 Å². The second-order valence-electron chi connectivity index (χ2n) is 4.70. The van der Waals surface area contributed by atoms with Gasteiger partial charge >= 0.3 is 0 Å². The lowest BCUT2D eigenvalue weighted by atomic mass is 10.2. The summed E-state index contributed by atoms with van der Waals surface area (Å²) < 4.78 is 5.81. The minimum Gasteiger partial charge on any atom is -0.491 e. The van der Waals surface area contributed by atoms with Crippen molar-refractivity contribution in [3.63, 3.8) is 0 Å². The molecular weight excluding hydrogens is 212 g/mol. The van der Waals surface area contributed by atoms with Gasteiger partial charge in [0.2, 0.25) is 0 Å². The summed E-state index contributed by atoms with van der Waals surface area (Å²) in [5.41, 5.74) is 1.15. The summed E-state index contributed by atoms with van der Waals surface area (Å²) in [4.78, 5) is 0. The highest BCUT2D eigenvalue weighted by Gasteiger charge is 2.13. The predicted molar refractivity (Wildman–Crippen MR) is 71.7 cm³/mol. The van der Waals surface area contributed by atoms with E-state index < -0.39 is 0 Å². The average molecular weight is 234 g/mol. The molecule has 17 heavy (non-hydrogen) atoms. The molecule has 2 atom stereocenters. The van der Waals surface area contributed by atoms with E-state index in [2.05, 4.69) is 36.6 Å². The van der Waals surface area contributed by atoms with Gasteiger partial charge in [0.1, 0.15) is 5.75 Å². The molecular formula is C14H22N2O. The quantitative estimate of drug-likeness (QED) is 0.821. The van der Waals surface area contributed by atoms with E-state index in [4.69, 9.17) is 4.74 Å². The fourth-order valence-electron chi connectivity index (χ4n) is 1.99. The Morgan fingerprint density at radius 3 is 3.12 bits per heavy atom. The first kappa shape index (κ1) is 12.2. The standard InChI is InChI=1S/C14H22N2O/c1-3-11(2)17-14-6-4-5-12(9-14)16-13-7-8-15-10-13/h4-6,9,11,13,15-16H,3,7-8,10H2,1-2H3. The maximum Gasteiger partial charge on any atom is 0.121 e. The van der Waals surface area contributed by atoms with Crippen LogP contribution in [-0.2, 0) is 0 Å². The maximum absolute atomic E-state index is 5.81. The molecule has 94 valence electrons. The molecule has 1 aliphatic heterocycles. The molecule has 0 amide bonds. The van der Waals surface area contributed by atoms with Gasteiger partial charge in [0.25, 0.3) is 0 Å². The van der Waals surface area contributed by atoms with Gasteiger partial charge in [0.15, 0.2) is 0 Å². The first-order valence-electron chi connectivity index (χ1n) is 6.52. The lowest BCUT2D eigenvalue weighted by Crippen LogP contribution is -2.22. The SMILES string of the molecule is CCC(C)Oc1cccc(NC2CCNC2)c1. The molecule has 1 aromatic rings. The van der Waals surface area contributed by atoms with Gasteiger partial charge in [-0.1, -0.05) is 13.0 Å². The summed E-state index contributed by atoms with van der Waals surface area (Å²) in [7, 11) is 0. The van der Waals surface area contributed by atoms with Crippen molar-refractivity contribution in [2.75, 3.05) is 18.4 Å². The van der Waals surface area contributed by atoms with Gasteiger partial charge < -0.3 is 15.4 Å². The summed E-state index contributed by atoms with van der Waals surface area (Å²) in [5, 5.41) is 6.88. The van der Waals surface area contributed by atoms with Crippen LogP contribution >= 0.6 is 0 Å². The Bertz CT molecular complexity index is 348. The van der Waals surface area contributed by atoms with E-state index in [1.165, 1.54) is 6.42 Å². The van der Waals surface area contributed by atoms with Gasteiger partial charge in [0.05, 0.1) is 6.10 Å². The molecule has 0 radical (unpaired) electrons. The molecule has 1 heterocycles. The minimum atomic E-state index is 0.276. The highest BCUT2D eigenvalue weighted by molar-refractivity contribution is 5.49. The van der Waals surface area contributed by atoms with Crippen molar-refractivity contribution >= 4 is 5.69 Å². The molecule has 0 aliphatic carbocycles. The van der Waals surface area contributed by atoms with Crippen LogP contribution in [-0.4, -0.2) is 25.2 Å². The van der Waals surface area contributed by atoms with Crippen LogP contribution in [0, 0.1) is 0 Å². The van der Waals surface area contributed by atoms with E-state index in [1.54, 1.807) is 0 Å². The van der Waals surface area contributed by atoms with E-state index in [0.29, 0.717) is 6.04 Å². The van der Waals surface area contributed by atoms with Gasteiger partial charge in [0, 0.05) is 24.3 Å². The van der Waals surface area contributed by atoms with Crippen molar-refractivity contribution in [1.82, 2.24) is 5.32 Å². The summed E-state index contributed by atoms with van der Waals surface area (Å²) in [6.45, 7) is 6.40. The van der Waals surface area contributed by atoms with Crippen LogP contribution in [0.3, 0.4) is 0 Å². The third-order valence-electron chi connectivity index (χ3n) is 3.18. The van der Waals surface area contributed by atoms with E-state index in [9.17, 15) is 0 Å². The first-order chi connectivity index (χ1) is 8.28. The molecule has 2 N–H and O–H groups in total. The highest BCUT2D eigenvalue weighted by atomic mass is 16.5. The summed E-state index contributed by atoms with van der Waals surface area (Å²) in [6.07, 6.45) is 2.50. The zero-order chi connectivity index (χ0) is 12.1. The fraction of sp³-hybridized carbons (Fsp3) is 0.571. The van der Waals surface area contributed by atoms with Crippen LogP contribution in [0.15, 0.2) is 24.3 Å². The highest BCUT2D eigenvalue weighted by Crippen LogP contribution is 2.20. The van der Waals surface area contributed by atoms with Crippen molar-refractivity contribution < 1.29 is 4.74 Å². The molecule has 3 nitrogen and oxygen atoms in total. The molecule has 1 aromatic carbocycles. The second-order valence-corrected chi connectivity index (χ2v) is 4.70. The Morgan fingerprint density at radius 2 is 2.41 bits per heavy atom. The number of rotatable bonds is 5. The molecule has 0 aromatic heterocycles. The Labute approximate surface area is 104 Å². The molecule has 2 unspecified atom stereocenters. The predicted octanol–water partition coefficient (Wildman–Crippen LogP) is 2.64.